The Hall–Kier alpha value is -2.59. The zero-order chi connectivity index (χ0) is 17.9. The van der Waals surface area contributed by atoms with Crippen molar-refractivity contribution in [3.8, 4) is 0 Å². The fourth-order valence-corrected chi connectivity index (χ4v) is 3.74. The van der Waals surface area contributed by atoms with Gasteiger partial charge in [-0.3, -0.25) is 4.79 Å². The quantitative estimate of drug-likeness (QED) is 0.748. The first-order valence-electron chi connectivity index (χ1n) is 9.28. The van der Waals surface area contributed by atoms with Crippen molar-refractivity contribution in [3.05, 3.63) is 72.0 Å². The average molecular weight is 348 g/mol. The molecule has 2 aromatic carbocycles. The van der Waals surface area contributed by atoms with Crippen LogP contribution in [-0.4, -0.2) is 18.5 Å². The number of fused-ring (bicyclic) bond motifs is 1. The molecule has 1 saturated heterocycles. The molecule has 4 nitrogen and oxygen atoms in total. The Labute approximate surface area is 153 Å². The Balaban J connectivity index is 1.64. The highest BCUT2D eigenvalue weighted by atomic mass is 16.3. The second kappa shape index (κ2) is 7.34. The number of para-hydroxylation sites is 1. The van der Waals surface area contributed by atoms with Gasteiger partial charge in [0.25, 0.3) is 0 Å². The Morgan fingerprint density at radius 1 is 1.15 bits per heavy atom. The van der Waals surface area contributed by atoms with Crippen molar-refractivity contribution in [1.82, 2.24) is 10.6 Å². The second-order valence-corrected chi connectivity index (χ2v) is 7.12. The largest absolute Gasteiger partial charge is 0.459 e. The molecule has 1 aromatic heterocycles. The minimum atomic E-state index is -0.277. The summed E-state index contributed by atoms with van der Waals surface area (Å²) in [5, 5.41) is 7.69. The van der Waals surface area contributed by atoms with Crippen LogP contribution in [0.2, 0.25) is 0 Å². The van der Waals surface area contributed by atoms with Crippen LogP contribution in [0.25, 0.3) is 11.0 Å². The normalized spacial score (nSPS) is 21.4. The standard InChI is InChI=1S/C22H24N2O2/c1-15-13-18(11-12-23-15)22(25)24-21(16-7-3-2-4-8-16)20-14-17-9-5-6-10-19(17)26-20/h2-10,14-15,18,21,23H,11-13H2,1H3,(H,24,25)/t15-,18-,21?/m0/s1. The van der Waals surface area contributed by atoms with Gasteiger partial charge in [0, 0.05) is 17.3 Å². The molecule has 1 aliphatic heterocycles. The van der Waals surface area contributed by atoms with E-state index >= 15 is 0 Å². The maximum absolute atomic E-state index is 12.9. The molecular weight excluding hydrogens is 324 g/mol. The first-order chi connectivity index (χ1) is 12.7. The van der Waals surface area contributed by atoms with Gasteiger partial charge in [-0.15, -0.1) is 0 Å². The van der Waals surface area contributed by atoms with E-state index in [9.17, 15) is 4.79 Å². The molecule has 2 heterocycles. The summed E-state index contributed by atoms with van der Waals surface area (Å²) in [6.45, 7) is 3.02. The lowest BCUT2D eigenvalue weighted by Gasteiger charge is -2.28. The molecule has 4 rings (SSSR count). The highest BCUT2D eigenvalue weighted by Crippen LogP contribution is 2.29. The molecule has 134 valence electrons. The first-order valence-corrected chi connectivity index (χ1v) is 9.28. The lowest BCUT2D eigenvalue weighted by molar-refractivity contribution is -0.126. The monoisotopic (exact) mass is 348 g/mol. The van der Waals surface area contributed by atoms with Crippen LogP contribution in [0.15, 0.2) is 65.1 Å². The topological polar surface area (TPSA) is 54.3 Å². The minimum Gasteiger partial charge on any atom is -0.459 e. The molecule has 0 spiro atoms. The highest BCUT2D eigenvalue weighted by molar-refractivity contribution is 5.81. The van der Waals surface area contributed by atoms with Crippen LogP contribution in [0.4, 0.5) is 0 Å². The number of carbonyl (C=O) groups is 1. The number of amides is 1. The summed E-state index contributed by atoms with van der Waals surface area (Å²) in [6.07, 6.45) is 1.74. The van der Waals surface area contributed by atoms with Crippen molar-refractivity contribution >= 4 is 16.9 Å². The van der Waals surface area contributed by atoms with Crippen molar-refractivity contribution in [2.45, 2.75) is 31.8 Å². The summed E-state index contributed by atoms with van der Waals surface area (Å²) < 4.78 is 6.07. The molecule has 1 aliphatic rings. The van der Waals surface area contributed by atoms with Gasteiger partial charge in [0.15, 0.2) is 0 Å². The molecule has 2 N–H and O–H groups in total. The van der Waals surface area contributed by atoms with Crippen LogP contribution in [0.1, 0.15) is 37.1 Å². The van der Waals surface area contributed by atoms with E-state index in [4.69, 9.17) is 4.42 Å². The van der Waals surface area contributed by atoms with Crippen LogP contribution in [0.3, 0.4) is 0 Å². The molecule has 3 atom stereocenters. The van der Waals surface area contributed by atoms with Crippen LogP contribution < -0.4 is 10.6 Å². The number of nitrogens with one attached hydrogen (secondary N) is 2. The molecule has 0 aliphatic carbocycles. The number of furan rings is 1. The third kappa shape index (κ3) is 3.51. The van der Waals surface area contributed by atoms with E-state index in [1.165, 1.54) is 0 Å². The number of piperidine rings is 1. The molecular formula is C22H24N2O2. The van der Waals surface area contributed by atoms with Crippen molar-refractivity contribution in [1.29, 1.82) is 0 Å². The first kappa shape index (κ1) is 16.9. The fraction of sp³-hybridized carbons (Fsp3) is 0.318. The predicted molar refractivity (Wildman–Crippen MR) is 103 cm³/mol. The van der Waals surface area contributed by atoms with Gasteiger partial charge < -0.3 is 15.1 Å². The van der Waals surface area contributed by atoms with Gasteiger partial charge >= 0.3 is 0 Å². The van der Waals surface area contributed by atoms with E-state index in [1.54, 1.807) is 0 Å². The SMILES string of the molecule is C[C@H]1C[C@@H](C(=O)NC(c2ccccc2)c2cc3ccccc3o2)CCN1. The fourth-order valence-electron chi connectivity index (χ4n) is 3.74. The maximum atomic E-state index is 12.9. The third-order valence-electron chi connectivity index (χ3n) is 5.14. The Bertz CT molecular complexity index is 854. The molecule has 26 heavy (non-hydrogen) atoms. The molecule has 4 heteroatoms. The van der Waals surface area contributed by atoms with Gasteiger partial charge in [0.1, 0.15) is 17.4 Å². The van der Waals surface area contributed by atoms with Crippen LogP contribution in [0.5, 0.6) is 0 Å². The lowest BCUT2D eigenvalue weighted by atomic mass is 9.91. The summed E-state index contributed by atoms with van der Waals surface area (Å²) in [7, 11) is 0. The summed E-state index contributed by atoms with van der Waals surface area (Å²) >= 11 is 0. The van der Waals surface area contributed by atoms with Gasteiger partial charge in [0.2, 0.25) is 5.91 Å². The molecule has 1 amide bonds. The number of hydrogen-bond donors (Lipinski definition) is 2. The van der Waals surface area contributed by atoms with E-state index in [1.807, 2.05) is 60.7 Å². The lowest BCUT2D eigenvalue weighted by Crippen LogP contribution is -2.43. The Kier molecular flexibility index (Phi) is 4.76. The van der Waals surface area contributed by atoms with Gasteiger partial charge in [0.05, 0.1) is 0 Å². The van der Waals surface area contributed by atoms with Crippen LogP contribution in [-0.2, 0) is 4.79 Å². The smallest absolute Gasteiger partial charge is 0.224 e. The number of hydrogen-bond acceptors (Lipinski definition) is 3. The molecule has 3 aromatic rings. The molecule has 1 unspecified atom stereocenters. The minimum absolute atomic E-state index is 0.0434. The maximum Gasteiger partial charge on any atom is 0.224 e. The molecule has 0 bridgehead atoms. The predicted octanol–water partition coefficient (Wildman–Crippen LogP) is 4.03. The average Bonchev–Trinajstić information content (AvgIpc) is 3.10. The van der Waals surface area contributed by atoms with Crippen LogP contribution in [0, 0.1) is 5.92 Å². The van der Waals surface area contributed by atoms with E-state index < -0.39 is 0 Å². The summed E-state index contributed by atoms with van der Waals surface area (Å²) in [5.74, 6) is 0.919. The Morgan fingerprint density at radius 3 is 2.69 bits per heavy atom. The van der Waals surface area contributed by atoms with Crippen molar-refractivity contribution in [2.24, 2.45) is 5.92 Å². The van der Waals surface area contributed by atoms with Gasteiger partial charge in [-0.25, -0.2) is 0 Å². The van der Waals surface area contributed by atoms with Gasteiger partial charge in [-0.1, -0.05) is 48.5 Å². The zero-order valence-electron chi connectivity index (χ0n) is 14.9. The molecule has 1 fully saturated rings. The van der Waals surface area contributed by atoms with Gasteiger partial charge in [-0.2, -0.15) is 0 Å². The van der Waals surface area contributed by atoms with E-state index in [2.05, 4.69) is 17.6 Å². The van der Waals surface area contributed by atoms with Gasteiger partial charge in [-0.05, 0) is 44.0 Å². The van der Waals surface area contributed by atoms with Crippen molar-refractivity contribution in [3.63, 3.8) is 0 Å². The molecule has 0 saturated carbocycles. The number of carbonyl (C=O) groups excluding carboxylic acids is 1. The van der Waals surface area contributed by atoms with E-state index in [0.717, 1.165) is 41.7 Å². The summed E-state index contributed by atoms with van der Waals surface area (Å²) in [6, 6.07) is 20.1. The number of rotatable bonds is 4. The van der Waals surface area contributed by atoms with Crippen molar-refractivity contribution in [2.75, 3.05) is 6.54 Å². The molecule has 0 radical (unpaired) electrons. The zero-order valence-corrected chi connectivity index (χ0v) is 14.9. The number of benzene rings is 2. The van der Waals surface area contributed by atoms with E-state index in [0.29, 0.717) is 6.04 Å². The van der Waals surface area contributed by atoms with Crippen molar-refractivity contribution < 1.29 is 9.21 Å². The Morgan fingerprint density at radius 2 is 1.92 bits per heavy atom. The summed E-state index contributed by atoms with van der Waals surface area (Å²) in [4.78, 5) is 12.9. The second-order valence-electron chi connectivity index (χ2n) is 7.12. The third-order valence-corrected chi connectivity index (χ3v) is 5.14. The summed E-state index contributed by atoms with van der Waals surface area (Å²) in [5.41, 5.74) is 1.87. The van der Waals surface area contributed by atoms with E-state index in [-0.39, 0.29) is 17.9 Å². The highest BCUT2D eigenvalue weighted by Gasteiger charge is 2.28. The van der Waals surface area contributed by atoms with Crippen LogP contribution >= 0.6 is 0 Å².